The number of hydrogen-bond acceptors (Lipinski definition) is 1. The van der Waals surface area contributed by atoms with E-state index in [9.17, 15) is 0 Å². The van der Waals surface area contributed by atoms with Crippen LogP contribution in [0.5, 0.6) is 0 Å². The molecular weight excluding hydrogens is 218 g/mol. The topological polar surface area (TPSA) is 3.24 Å². The maximum absolute atomic E-state index is 2.55. The Morgan fingerprint density at radius 2 is 1.50 bits per heavy atom. The lowest BCUT2D eigenvalue weighted by Gasteiger charge is -2.33. The molecule has 0 aliphatic heterocycles. The fraction of sp³-hybridized carbons (Fsp3) is 0.882. The Balaban J connectivity index is 1.93. The minimum atomic E-state index is 0.823. The van der Waals surface area contributed by atoms with Gasteiger partial charge in [-0.15, -0.1) is 0 Å². The first-order valence-corrected chi connectivity index (χ1v) is 8.23. The summed E-state index contributed by atoms with van der Waals surface area (Å²) in [4.78, 5) is 2.55. The van der Waals surface area contributed by atoms with Crippen LogP contribution in [0.1, 0.15) is 77.6 Å². The molecule has 0 aromatic heterocycles. The SMILES string of the molecule is CC/C(=C\N(C)C1CCCCC1)C1CCCCC1. The van der Waals surface area contributed by atoms with Crippen LogP contribution in [0, 0.1) is 5.92 Å². The highest BCUT2D eigenvalue weighted by atomic mass is 15.1. The van der Waals surface area contributed by atoms with Crippen LogP contribution < -0.4 is 0 Å². The van der Waals surface area contributed by atoms with Crippen LogP contribution in [-0.2, 0) is 0 Å². The molecule has 2 aliphatic rings. The molecule has 2 fully saturated rings. The van der Waals surface area contributed by atoms with Crippen molar-refractivity contribution in [3.05, 3.63) is 11.8 Å². The first-order valence-electron chi connectivity index (χ1n) is 8.23. The van der Waals surface area contributed by atoms with E-state index < -0.39 is 0 Å². The maximum atomic E-state index is 2.55. The van der Waals surface area contributed by atoms with Gasteiger partial charge in [-0.2, -0.15) is 0 Å². The monoisotopic (exact) mass is 249 g/mol. The predicted molar refractivity (Wildman–Crippen MR) is 79.6 cm³/mol. The van der Waals surface area contributed by atoms with Crippen molar-refractivity contribution in [2.45, 2.75) is 83.6 Å². The van der Waals surface area contributed by atoms with Gasteiger partial charge in [-0.05, 0) is 44.2 Å². The summed E-state index contributed by atoms with van der Waals surface area (Å²) in [5.74, 6) is 0.898. The fourth-order valence-corrected chi connectivity index (χ4v) is 3.81. The summed E-state index contributed by atoms with van der Waals surface area (Å²) < 4.78 is 0. The average molecular weight is 249 g/mol. The number of nitrogens with zero attached hydrogens (tertiary/aromatic N) is 1. The third kappa shape index (κ3) is 3.76. The molecule has 0 radical (unpaired) electrons. The van der Waals surface area contributed by atoms with E-state index in [1.54, 1.807) is 5.57 Å². The molecule has 0 amide bonds. The van der Waals surface area contributed by atoms with Crippen LogP contribution in [-0.4, -0.2) is 18.0 Å². The lowest BCUT2D eigenvalue weighted by Crippen LogP contribution is -2.30. The lowest BCUT2D eigenvalue weighted by atomic mass is 9.83. The van der Waals surface area contributed by atoms with Crippen LogP contribution in [0.2, 0.25) is 0 Å². The smallest absolute Gasteiger partial charge is 0.0281 e. The highest BCUT2D eigenvalue weighted by molar-refractivity contribution is 5.07. The zero-order valence-electron chi connectivity index (χ0n) is 12.5. The highest BCUT2D eigenvalue weighted by Crippen LogP contribution is 2.32. The van der Waals surface area contributed by atoms with Crippen LogP contribution in [0.15, 0.2) is 11.8 Å². The molecule has 1 heteroatoms. The van der Waals surface area contributed by atoms with Gasteiger partial charge >= 0.3 is 0 Å². The van der Waals surface area contributed by atoms with Crippen LogP contribution >= 0.6 is 0 Å². The molecule has 0 saturated heterocycles. The van der Waals surface area contributed by atoms with E-state index in [0.717, 1.165) is 12.0 Å². The van der Waals surface area contributed by atoms with Crippen molar-refractivity contribution in [1.29, 1.82) is 0 Å². The second-order valence-electron chi connectivity index (χ2n) is 6.35. The van der Waals surface area contributed by atoms with Crippen molar-refractivity contribution in [2.75, 3.05) is 7.05 Å². The van der Waals surface area contributed by atoms with Gasteiger partial charge < -0.3 is 4.90 Å². The Morgan fingerprint density at radius 3 is 2.06 bits per heavy atom. The minimum absolute atomic E-state index is 0.823. The fourth-order valence-electron chi connectivity index (χ4n) is 3.81. The Hall–Kier alpha value is -0.460. The van der Waals surface area contributed by atoms with E-state index in [1.165, 1.54) is 70.6 Å². The molecule has 0 bridgehead atoms. The molecule has 0 unspecified atom stereocenters. The zero-order chi connectivity index (χ0) is 12.8. The van der Waals surface area contributed by atoms with Gasteiger partial charge in [-0.1, -0.05) is 51.0 Å². The van der Waals surface area contributed by atoms with Crippen molar-refractivity contribution < 1.29 is 0 Å². The maximum Gasteiger partial charge on any atom is 0.0281 e. The molecule has 104 valence electrons. The molecule has 2 rings (SSSR count). The van der Waals surface area contributed by atoms with Gasteiger partial charge in [0.1, 0.15) is 0 Å². The Kier molecular flexibility index (Phi) is 5.59. The molecule has 0 atom stereocenters. The van der Waals surface area contributed by atoms with Crippen molar-refractivity contribution in [3.63, 3.8) is 0 Å². The molecule has 0 aromatic rings. The van der Waals surface area contributed by atoms with Crippen molar-refractivity contribution in [2.24, 2.45) is 5.92 Å². The van der Waals surface area contributed by atoms with Gasteiger partial charge in [0.05, 0.1) is 0 Å². The molecule has 0 spiro atoms. The summed E-state index contributed by atoms with van der Waals surface area (Å²) >= 11 is 0. The summed E-state index contributed by atoms with van der Waals surface area (Å²) in [7, 11) is 2.31. The largest absolute Gasteiger partial charge is 0.377 e. The Bertz CT molecular complexity index is 257. The Morgan fingerprint density at radius 1 is 0.944 bits per heavy atom. The summed E-state index contributed by atoms with van der Waals surface area (Å²) in [5.41, 5.74) is 1.72. The Labute approximate surface area is 114 Å². The second kappa shape index (κ2) is 7.21. The summed E-state index contributed by atoms with van der Waals surface area (Å²) in [6.07, 6.45) is 18.2. The zero-order valence-corrected chi connectivity index (χ0v) is 12.5. The molecule has 2 saturated carbocycles. The lowest BCUT2D eigenvalue weighted by molar-refractivity contribution is 0.249. The van der Waals surface area contributed by atoms with Crippen molar-refractivity contribution in [3.8, 4) is 0 Å². The van der Waals surface area contributed by atoms with Crippen molar-refractivity contribution >= 4 is 0 Å². The second-order valence-corrected chi connectivity index (χ2v) is 6.35. The molecule has 0 heterocycles. The van der Waals surface area contributed by atoms with Crippen LogP contribution in [0.3, 0.4) is 0 Å². The van der Waals surface area contributed by atoms with Crippen LogP contribution in [0.25, 0.3) is 0 Å². The number of rotatable bonds is 4. The van der Waals surface area contributed by atoms with Crippen LogP contribution in [0.4, 0.5) is 0 Å². The van der Waals surface area contributed by atoms with E-state index in [-0.39, 0.29) is 0 Å². The van der Waals surface area contributed by atoms with E-state index >= 15 is 0 Å². The quantitative estimate of drug-likeness (QED) is 0.668. The standard InChI is InChI=1S/C17H31N/c1-3-15(16-10-6-4-7-11-16)14-18(2)17-12-8-5-9-13-17/h14,16-17H,3-13H2,1-2H3/b15-14+. The normalized spacial score (nSPS) is 24.2. The summed E-state index contributed by atoms with van der Waals surface area (Å²) in [6.45, 7) is 2.34. The van der Waals surface area contributed by atoms with E-state index in [2.05, 4.69) is 25.1 Å². The molecular formula is C17H31N. The first-order chi connectivity index (χ1) is 8.81. The number of allylic oxidation sites excluding steroid dienone is 1. The third-order valence-corrected chi connectivity index (χ3v) is 5.06. The molecule has 2 aliphatic carbocycles. The van der Waals surface area contributed by atoms with E-state index in [4.69, 9.17) is 0 Å². The molecule has 0 aromatic carbocycles. The van der Waals surface area contributed by atoms with Gasteiger partial charge in [-0.3, -0.25) is 0 Å². The van der Waals surface area contributed by atoms with Gasteiger partial charge in [-0.25, -0.2) is 0 Å². The third-order valence-electron chi connectivity index (χ3n) is 5.06. The van der Waals surface area contributed by atoms with E-state index in [1.807, 2.05) is 0 Å². The van der Waals surface area contributed by atoms with Gasteiger partial charge in [0.25, 0.3) is 0 Å². The molecule has 18 heavy (non-hydrogen) atoms. The minimum Gasteiger partial charge on any atom is -0.377 e. The van der Waals surface area contributed by atoms with Gasteiger partial charge in [0.2, 0.25) is 0 Å². The predicted octanol–water partition coefficient (Wildman–Crippen LogP) is 5.13. The average Bonchev–Trinajstić information content (AvgIpc) is 2.46. The number of hydrogen-bond donors (Lipinski definition) is 0. The first kappa shape index (κ1) is 14.0. The van der Waals surface area contributed by atoms with Crippen molar-refractivity contribution in [1.82, 2.24) is 4.90 Å². The highest BCUT2D eigenvalue weighted by Gasteiger charge is 2.20. The van der Waals surface area contributed by atoms with E-state index in [0.29, 0.717) is 0 Å². The summed E-state index contributed by atoms with van der Waals surface area (Å²) in [6, 6.07) is 0.823. The molecule has 1 nitrogen and oxygen atoms in total. The molecule has 0 N–H and O–H groups in total. The summed E-state index contributed by atoms with van der Waals surface area (Å²) in [5, 5.41) is 0. The van der Waals surface area contributed by atoms with Gasteiger partial charge in [0.15, 0.2) is 0 Å². The van der Waals surface area contributed by atoms with Gasteiger partial charge in [0, 0.05) is 13.1 Å².